The summed E-state index contributed by atoms with van der Waals surface area (Å²) in [6.07, 6.45) is 0.593. The molecule has 2 aromatic carbocycles. The maximum atomic E-state index is 12.6. The molecule has 1 saturated heterocycles. The lowest BCUT2D eigenvalue weighted by atomic mass is 10.1. The molecular formula is C20H22N2O3. The van der Waals surface area contributed by atoms with Crippen molar-refractivity contribution in [1.82, 2.24) is 5.32 Å². The van der Waals surface area contributed by atoms with Crippen LogP contribution in [0.1, 0.15) is 29.3 Å². The number of ether oxygens (including phenoxy) is 1. The van der Waals surface area contributed by atoms with Crippen LogP contribution in [-0.4, -0.2) is 31.0 Å². The molecule has 1 unspecified atom stereocenters. The van der Waals surface area contributed by atoms with E-state index < -0.39 is 6.04 Å². The molecule has 1 N–H and O–H groups in total. The number of benzene rings is 2. The van der Waals surface area contributed by atoms with Crippen LogP contribution in [0.5, 0.6) is 5.75 Å². The Kier molecular flexibility index (Phi) is 5.03. The summed E-state index contributed by atoms with van der Waals surface area (Å²) in [5.41, 5.74) is 2.46. The molecule has 1 atom stereocenters. The lowest BCUT2D eigenvalue weighted by Crippen LogP contribution is -2.41. The highest BCUT2D eigenvalue weighted by molar-refractivity contribution is 6.04. The summed E-state index contributed by atoms with van der Waals surface area (Å²) in [7, 11) is 0. The van der Waals surface area contributed by atoms with Crippen LogP contribution in [0.3, 0.4) is 0 Å². The summed E-state index contributed by atoms with van der Waals surface area (Å²) in [5, 5.41) is 2.84. The summed E-state index contributed by atoms with van der Waals surface area (Å²) >= 11 is 0. The highest BCUT2D eigenvalue weighted by Crippen LogP contribution is 2.23. The fourth-order valence-corrected chi connectivity index (χ4v) is 2.97. The Morgan fingerprint density at radius 1 is 1.20 bits per heavy atom. The zero-order valence-electron chi connectivity index (χ0n) is 14.5. The van der Waals surface area contributed by atoms with Gasteiger partial charge in [0.2, 0.25) is 5.91 Å². The largest absolute Gasteiger partial charge is 0.493 e. The molecule has 0 bridgehead atoms. The monoisotopic (exact) mass is 338 g/mol. The van der Waals surface area contributed by atoms with Gasteiger partial charge in [-0.05, 0) is 44.5 Å². The van der Waals surface area contributed by atoms with Gasteiger partial charge in [-0.1, -0.05) is 29.8 Å². The number of anilines is 1. The Hall–Kier alpha value is -2.82. The minimum Gasteiger partial charge on any atom is -0.493 e. The Bertz CT molecular complexity index is 771. The molecule has 3 rings (SSSR count). The van der Waals surface area contributed by atoms with Crippen LogP contribution in [-0.2, 0) is 4.79 Å². The fraction of sp³-hybridized carbons (Fsp3) is 0.300. The average Bonchev–Trinajstić information content (AvgIpc) is 2.97. The molecule has 1 aliphatic heterocycles. The van der Waals surface area contributed by atoms with Gasteiger partial charge >= 0.3 is 0 Å². The number of nitrogens with zero attached hydrogens (tertiary/aromatic N) is 1. The normalized spacial score (nSPS) is 16.8. The summed E-state index contributed by atoms with van der Waals surface area (Å²) in [5.74, 6) is 0.169. The zero-order valence-corrected chi connectivity index (χ0v) is 14.5. The van der Waals surface area contributed by atoms with Crippen molar-refractivity contribution in [2.24, 2.45) is 0 Å². The van der Waals surface area contributed by atoms with Gasteiger partial charge in [0.1, 0.15) is 11.8 Å². The maximum absolute atomic E-state index is 12.6. The molecule has 0 aromatic heterocycles. The Balaban J connectivity index is 1.71. The number of hydrogen-bond acceptors (Lipinski definition) is 3. The minimum atomic E-state index is -0.511. The van der Waals surface area contributed by atoms with Gasteiger partial charge in [-0.15, -0.1) is 0 Å². The number of carbonyl (C=O) groups excluding carboxylic acids is 2. The topological polar surface area (TPSA) is 58.6 Å². The third-order valence-electron chi connectivity index (χ3n) is 4.29. The number of hydrogen-bond donors (Lipinski definition) is 1. The van der Waals surface area contributed by atoms with Crippen molar-refractivity contribution in [2.75, 3.05) is 18.1 Å². The SMILES string of the molecule is CCOc1ccccc1C(=O)NC1CCN(c2ccc(C)cc2)C1=O. The van der Waals surface area contributed by atoms with Crippen LogP contribution in [0.4, 0.5) is 5.69 Å². The number of carbonyl (C=O) groups is 2. The quantitative estimate of drug-likeness (QED) is 0.912. The van der Waals surface area contributed by atoms with Gasteiger partial charge in [0.05, 0.1) is 12.2 Å². The average molecular weight is 338 g/mol. The van der Waals surface area contributed by atoms with Crippen LogP contribution in [0.2, 0.25) is 0 Å². The van der Waals surface area contributed by atoms with Gasteiger partial charge in [-0.2, -0.15) is 0 Å². The number of amides is 2. The van der Waals surface area contributed by atoms with Gasteiger partial charge in [-0.25, -0.2) is 0 Å². The Labute approximate surface area is 147 Å². The lowest BCUT2D eigenvalue weighted by Gasteiger charge is -2.18. The lowest BCUT2D eigenvalue weighted by molar-refractivity contribution is -0.118. The maximum Gasteiger partial charge on any atom is 0.255 e. The Morgan fingerprint density at radius 2 is 1.92 bits per heavy atom. The Morgan fingerprint density at radius 3 is 2.64 bits per heavy atom. The second kappa shape index (κ2) is 7.38. The number of aryl methyl sites for hydroxylation is 1. The molecule has 5 nitrogen and oxygen atoms in total. The molecule has 2 aromatic rings. The van der Waals surface area contributed by atoms with E-state index in [2.05, 4.69) is 5.32 Å². The van der Waals surface area contributed by atoms with E-state index in [0.29, 0.717) is 30.9 Å². The third-order valence-corrected chi connectivity index (χ3v) is 4.29. The smallest absolute Gasteiger partial charge is 0.255 e. The fourth-order valence-electron chi connectivity index (χ4n) is 2.97. The van der Waals surface area contributed by atoms with E-state index in [0.717, 1.165) is 11.3 Å². The van der Waals surface area contributed by atoms with Crippen molar-refractivity contribution < 1.29 is 14.3 Å². The number of rotatable bonds is 5. The van der Waals surface area contributed by atoms with E-state index in [9.17, 15) is 9.59 Å². The molecule has 0 saturated carbocycles. The first-order valence-corrected chi connectivity index (χ1v) is 8.51. The van der Waals surface area contributed by atoms with Crippen LogP contribution >= 0.6 is 0 Å². The molecule has 1 aliphatic rings. The first-order chi connectivity index (χ1) is 12.1. The van der Waals surface area contributed by atoms with Crippen molar-refractivity contribution in [3.8, 4) is 5.75 Å². The summed E-state index contributed by atoms with van der Waals surface area (Å²) in [6.45, 7) is 4.96. The first-order valence-electron chi connectivity index (χ1n) is 8.51. The molecule has 2 amide bonds. The van der Waals surface area contributed by atoms with Gasteiger partial charge < -0.3 is 15.0 Å². The van der Waals surface area contributed by atoms with Crippen molar-refractivity contribution in [2.45, 2.75) is 26.3 Å². The van der Waals surface area contributed by atoms with E-state index in [-0.39, 0.29) is 11.8 Å². The van der Waals surface area contributed by atoms with Crippen LogP contribution in [0.25, 0.3) is 0 Å². The molecule has 1 fully saturated rings. The van der Waals surface area contributed by atoms with E-state index >= 15 is 0 Å². The second-order valence-electron chi connectivity index (χ2n) is 6.07. The summed E-state index contributed by atoms with van der Waals surface area (Å²) in [4.78, 5) is 26.9. The van der Waals surface area contributed by atoms with Gasteiger partial charge in [0.25, 0.3) is 5.91 Å². The van der Waals surface area contributed by atoms with Gasteiger partial charge in [-0.3, -0.25) is 9.59 Å². The standard InChI is InChI=1S/C20H22N2O3/c1-3-25-18-7-5-4-6-16(18)19(23)21-17-12-13-22(20(17)24)15-10-8-14(2)9-11-15/h4-11,17H,3,12-13H2,1-2H3,(H,21,23). The van der Waals surface area contributed by atoms with Gasteiger partial charge in [0, 0.05) is 12.2 Å². The van der Waals surface area contributed by atoms with E-state index in [1.165, 1.54) is 0 Å². The molecule has 130 valence electrons. The molecule has 25 heavy (non-hydrogen) atoms. The highest BCUT2D eigenvalue weighted by atomic mass is 16.5. The highest BCUT2D eigenvalue weighted by Gasteiger charge is 2.34. The third kappa shape index (κ3) is 3.65. The molecule has 0 spiro atoms. The molecule has 5 heteroatoms. The van der Waals surface area contributed by atoms with Crippen molar-refractivity contribution >= 4 is 17.5 Å². The predicted molar refractivity (Wildman–Crippen MR) is 97.0 cm³/mol. The molecule has 1 heterocycles. The van der Waals surface area contributed by atoms with Crippen molar-refractivity contribution in [3.05, 3.63) is 59.7 Å². The molecule has 0 aliphatic carbocycles. The summed E-state index contributed by atoms with van der Waals surface area (Å²) < 4.78 is 5.49. The van der Waals surface area contributed by atoms with Crippen molar-refractivity contribution in [3.63, 3.8) is 0 Å². The summed E-state index contributed by atoms with van der Waals surface area (Å²) in [6, 6.07) is 14.4. The first kappa shape index (κ1) is 17.0. The zero-order chi connectivity index (χ0) is 17.8. The van der Waals surface area contributed by atoms with E-state index in [4.69, 9.17) is 4.74 Å². The molecule has 0 radical (unpaired) electrons. The number of para-hydroxylation sites is 1. The van der Waals surface area contributed by atoms with E-state index in [1.54, 1.807) is 23.1 Å². The van der Waals surface area contributed by atoms with Crippen LogP contribution in [0.15, 0.2) is 48.5 Å². The predicted octanol–water partition coefficient (Wildman–Crippen LogP) is 2.93. The van der Waals surface area contributed by atoms with Gasteiger partial charge in [0.15, 0.2) is 0 Å². The van der Waals surface area contributed by atoms with E-state index in [1.807, 2.05) is 44.2 Å². The minimum absolute atomic E-state index is 0.0777. The second-order valence-corrected chi connectivity index (χ2v) is 6.07. The van der Waals surface area contributed by atoms with Crippen LogP contribution < -0.4 is 15.0 Å². The number of nitrogens with one attached hydrogen (secondary N) is 1. The van der Waals surface area contributed by atoms with Crippen LogP contribution in [0, 0.1) is 6.92 Å². The molecular weight excluding hydrogens is 316 g/mol. The van der Waals surface area contributed by atoms with Crippen molar-refractivity contribution in [1.29, 1.82) is 0 Å².